The van der Waals surface area contributed by atoms with E-state index in [1.807, 2.05) is 37.8 Å². The first-order chi connectivity index (χ1) is 11.3. The molecule has 7 nitrogen and oxygen atoms in total. The molecule has 3 heterocycles. The van der Waals surface area contributed by atoms with Crippen LogP contribution in [0, 0.1) is 3.70 Å². The fraction of sp³-hybridized carbons (Fsp3) is 0.562. The highest BCUT2D eigenvalue weighted by atomic mass is 127. The Morgan fingerprint density at radius 1 is 1.46 bits per heavy atom. The molecule has 130 valence electrons. The van der Waals surface area contributed by atoms with Gasteiger partial charge in [-0.3, -0.25) is 0 Å². The Balaban J connectivity index is 1.64. The lowest BCUT2D eigenvalue weighted by molar-refractivity contribution is 0.0235. The number of hydrogen-bond donors (Lipinski definition) is 1. The van der Waals surface area contributed by atoms with E-state index in [9.17, 15) is 4.79 Å². The van der Waals surface area contributed by atoms with Crippen molar-refractivity contribution in [1.29, 1.82) is 0 Å². The van der Waals surface area contributed by atoms with Gasteiger partial charge in [0, 0.05) is 13.1 Å². The Hall–Kier alpha value is -1.58. The molecule has 2 aromatic heterocycles. The van der Waals surface area contributed by atoms with Gasteiger partial charge in [-0.15, -0.1) is 5.10 Å². The van der Waals surface area contributed by atoms with Gasteiger partial charge < -0.3 is 15.0 Å². The summed E-state index contributed by atoms with van der Waals surface area (Å²) in [7, 11) is 0. The third-order valence-electron chi connectivity index (χ3n) is 3.84. The van der Waals surface area contributed by atoms with Crippen molar-refractivity contribution < 1.29 is 9.53 Å². The topological polar surface area (TPSA) is 71.8 Å². The smallest absolute Gasteiger partial charge is 0.410 e. The molecule has 3 rings (SSSR count). The summed E-state index contributed by atoms with van der Waals surface area (Å²) < 4.78 is 8.25. The number of nitrogens with zero attached hydrogens (tertiary/aromatic N) is 4. The van der Waals surface area contributed by atoms with Gasteiger partial charge in [0.2, 0.25) is 0 Å². The van der Waals surface area contributed by atoms with Crippen molar-refractivity contribution in [3.05, 3.63) is 22.0 Å². The maximum Gasteiger partial charge on any atom is 0.410 e. The zero-order chi connectivity index (χ0) is 17.3. The molecule has 1 aliphatic rings. The number of anilines is 1. The average molecular weight is 443 g/mol. The SMILES string of the molecule is CC(C)(C)OC(=O)N1CCC[C@H]1CNc1ccc2ncc(I)n2n1. The zero-order valence-electron chi connectivity index (χ0n) is 14.1. The van der Waals surface area contributed by atoms with Crippen LogP contribution in [-0.2, 0) is 4.74 Å². The highest BCUT2D eigenvalue weighted by Crippen LogP contribution is 2.21. The number of carbonyl (C=O) groups excluding carboxylic acids is 1. The van der Waals surface area contributed by atoms with Crippen molar-refractivity contribution in [2.24, 2.45) is 0 Å². The summed E-state index contributed by atoms with van der Waals surface area (Å²) in [6, 6.07) is 3.96. The van der Waals surface area contributed by atoms with E-state index in [-0.39, 0.29) is 12.1 Å². The van der Waals surface area contributed by atoms with Crippen molar-refractivity contribution in [2.75, 3.05) is 18.4 Å². The third-order valence-corrected chi connectivity index (χ3v) is 4.58. The second kappa shape index (κ2) is 6.73. The van der Waals surface area contributed by atoms with Gasteiger partial charge in [-0.2, -0.15) is 0 Å². The lowest BCUT2D eigenvalue weighted by Gasteiger charge is -2.28. The number of aromatic nitrogens is 3. The van der Waals surface area contributed by atoms with E-state index < -0.39 is 5.60 Å². The number of carbonyl (C=O) groups is 1. The minimum absolute atomic E-state index is 0.124. The molecule has 1 fully saturated rings. The molecule has 8 heteroatoms. The third kappa shape index (κ3) is 3.90. The van der Waals surface area contributed by atoms with E-state index in [4.69, 9.17) is 4.74 Å². The van der Waals surface area contributed by atoms with Crippen LogP contribution in [-0.4, -0.2) is 50.3 Å². The minimum atomic E-state index is -0.470. The number of imidazole rings is 1. The van der Waals surface area contributed by atoms with Crippen LogP contribution >= 0.6 is 22.6 Å². The normalized spacial score (nSPS) is 18.2. The molecule has 2 aromatic rings. The Morgan fingerprint density at radius 3 is 3.00 bits per heavy atom. The summed E-state index contributed by atoms with van der Waals surface area (Å²) in [5.74, 6) is 0.773. The largest absolute Gasteiger partial charge is 0.444 e. The van der Waals surface area contributed by atoms with Crippen LogP contribution in [0.4, 0.5) is 10.6 Å². The van der Waals surface area contributed by atoms with Crippen molar-refractivity contribution in [3.63, 3.8) is 0 Å². The molecular weight excluding hydrogens is 421 g/mol. The van der Waals surface area contributed by atoms with Crippen LogP contribution in [0.25, 0.3) is 5.65 Å². The van der Waals surface area contributed by atoms with Gasteiger partial charge in [0.25, 0.3) is 0 Å². The molecule has 0 aromatic carbocycles. The molecule has 1 amide bonds. The molecule has 0 unspecified atom stereocenters. The number of halogens is 1. The van der Waals surface area contributed by atoms with Crippen molar-refractivity contribution in [3.8, 4) is 0 Å². The number of ether oxygens (including phenoxy) is 1. The van der Waals surface area contributed by atoms with Crippen LogP contribution in [0.2, 0.25) is 0 Å². The van der Waals surface area contributed by atoms with Gasteiger partial charge in [-0.1, -0.05) is 0 Å². The average Bonchev–Trinajstić information content (AvgIpc) is 3.11. The summed E-state index contributed by atoms with van der Waals surface area (Å²) in [6.07, 6.45) is 3.52. The molecule has 24 heavy (non-hydrogen) atoms. The number of fused-ring (bicyclic) bond motifs is 1. The van der Waals surface area contributed by atoms with Gasteiger partial charge >= 0.3 is 6.09 Å². The fourth-order valence-corrected chi connectivity index (χ4v) is 3.27. The van der Waals surface area contributed by atoms with Crippen molar-refractivity contribution in [2.45, 2.75) is 45.3 Å². The first-order valence-electron chi connectivity index (χ1n) is 8.07. The first kappa shape index (κ1) is 17.2. The molecule has 0 radical (unpaired) electrons. The number of amides is 1. The lowest BCUT2D eigenvalue weighted by atomic mass is 10.2. The Bertz CT molecular complexity index is 740. The highest BCUT2D eigenvalue weighted by molar-refractivity contribution is 14.1. The molecule has 1 saturated heterocycles. The van der Waals surface area contributed by atoms with E-state index in [0.29, 0.717) is 6.54 Å². The van der Waals surface area contributed by atoms with Gasteiger partial charge in [0.1, 0.15) is 15.1 Å². The molecule has 1 N–H and O–H groups in total. The van der Waals surface area contributed by atoms with Crippen LogP contribution in [0.15, 0.2) is 18.3 Å². The fourth-order valence-electron chi connectivity index (χ4n) is 2.77. The summed E-state index contributed by atoms with van der Waals surface area (Å²) in [6.45, 7) is 7.07. The molecule has 0 spiro atoms. The summed E-state index contributed by atoms with van der Waals surface area (Å²) in [5.41, 5.74) is 0.351. The Morgan fingerprint density at radius 2 is 2.25 bits per heavy atom. The molecule has 1 atom stereocenters. The maximum absolute atomic E-state index is 12.3. The van der Waals surface area contributed by atoms with E-state index in [1.165, 1.54) is 0 Å². The molecule has 0 aliphatic carbocycles. The maximum atomic E-state index is 12.3. The Kier molecular flexibility index (Phi) is 4.84. The van der Waals surface area contributed by atoms with Crippen molar-refractivity contribution in [1.82, 2.24) is 19.5 Å². The molecular formula is C16H22IN5O2. The van der Waals surface area contributed by atoms with Gasteiger partial charge in [0.15, 0.2) is 5.65 Å². The molecule has 1 aliphatic heterocycles. The molecule has 0 bridgehead atoms. The summed E-state index contributed by atoms with van der Waals surface area (Å²) in [5, 5.41) is 7.86. The summed E-state index contributed by atoms with van der Waals surface area (Å²) in [4.78, 5) is 18.4. The van der Waals surface area contributed by atoms with Crippen LogP contribution < -0.4 is 5.32 Å². The van der Waals surface area contributed by atoms with Crippen molar-refractivity contribution >= 4 is 40.1 Å². The summed E-state index contributed by atoms with van der Waals surface area (Å²) >= 11 is 2.20. The lowest BCUT2D eigenvalue weighted by Crippen LogP contribution is -2.42. The number of hydrogen-bond acceptors (Lipinski definition) is 5. The van der Waals surface area contributed by atoms with Gasteiger partial charge in [-0.25, -0.2) is 14.3 Å². The minimum Gasteiger partial charge on any atom is -0.444 e. The van der Waals surface area contributed by atoms with Gasteiger partial charge in [0.05, 0.1) is 12.2 Å². The van der Waals surface area contributed by atoms with Crippen LogP contribution in [0.3, 0.4) is 0 Å². The zero-order valence-corrected chi connectivity index (χ0v) is 16.3. The standard InChI is InChI=1S/C16H22IN5O2/c1-16(2,3)24-15(23)21-8-4-5-11(21)9-18-13-6-7-14-19-10-12(17)22(14)20-13/h6-7,10-11H,4-5,8-9H2,1-3H3,(H,18,20)/t11-/m0/s1. The number of nitrogens with one attached hydrogen (secondary N) is 1. The van der Waals surface area contributed by atoms with Gasteiger partial charge in [-0.05, 0) is 68.3 Å². The predicted octanol–water partition coefficient (Wildman–Crippen LogP) is 3.15. The van der Waals surface area contributed by atoms with Crippen LogP contribution in [0.1, 0.15) is 33.6 Å². The Labute approximate surface area is 154 Å². The van der Waals surface area contributed by atoms with E-state index in [2.05, 4.69) is 38.0 Å². The first-order valence-corrected chi connectivity index (χ1v) is 9.15. The van der Waals surface area contributed by atoms with Crippen LogP contribution in [0.5, 0.6) is 0 Å². The predicted molar refractivity (Wildman–Crippen MR) is 100 cm³/mol. The highest BCUT2D eigenvalue weighted by Gasteiger charge is 2.31. The van der Waals surface area contributed by atoms with E-state index in [0.717, 1.165) is 34.6 Å². The quantitative estimate of drug-likeness (QED) is 0.739. The monoisotopic (exact) mass is 443 g/mol. The van der Waals surface area contributed by atoms with E-state index >= 15 is 0 Å². The second-order valence-corrected chi connectivity index (χ2v) is 8.03. The molecule has 0 saturated carbocycles. The van der Waals surface area contributed by atoms with E-state index in [1.54, 1.807) is 10.7 Å². The number of rotatable bonds is 3. The number of likely N-dealkylation sites (tertiary alicyclic amines) is 1. The second-order valence-electron chi connectivity index (χ2n) is 6.92.